The van der Waals surface area contributed by atoms with Crippen LogP contribution in [0.2, 0.25) is 5.02 Å². The highest BCUT2D eigenvalue weighted by molar-refractivity contribution is 6.35. The van der Waals surface area contributed by atoms with Gasteiger partial charge in [-0.2, -0.15) is 0 Å². The van der Waals surface area contributed by atoms with E-state index in [1.54, 1.807) is 0 Å². The summed E-state index contributed by atoms with van der Waals surface area (Å²) in [4.78, 5) is 19.4. The summed E-state index contributed by atoms with van der Waals surface area (Å²) in [5.74, 6) is 2.09. The van der Waals surface area contributed by atoms with Gasteiger partial charge in [-0.1, -0.05) is 41.0 Å². The Balaban J connectivity index is 1.48. The number of aryl methyl sites for hydroxylation is 1. The van der Waals surface area contributed by atoms with Gasteiger partial charge in [0.1, 0.15) is 23.7 Å². The minimum Gasteiger partial charge on any atom is -0.488 e. The molecule has 3 heterocycles. The molecule has 3 aromatic carbocycles. The number of aromatic amines is 1. The second-order valence-corrected chi connectivity index (χ2v) is 10.1. The molecule has 2 aliphatic rings. The molecule has 0 unspecified atom stereocenters. The molecule has 5 aromatic rings. The number of imidazole rings is 1. The van der Waals surface area contributed by atoms with Crippen molar-refractivity contribution in [1.29, 1.82) is 0 Å². The summed E-state index contributed by atoms with van der Waals surface area (Å²) in [6.45, 7) is 4.40. The molecule has 184 valence electrons. The number of ether oxygens (including phenoxy) is 1. The van der Waals surface area contributed by atoms with E-state index in [1.165, 1.54) is 0 Å². The SMILES string of the molecule is CC(=C1c2ccc(-n3c(C4CC4)nc4c(Cl)cccc43)cc2COc2cccc(C)c21)c1noc(=O)[nH]1. The largest absolute Gasteiger partial charge is 0.488 e. The van der Waals surface area contributed by atoms with Crippen LogP contribution in [0.5, 0.6) is 5.75 Å². The maximum atomic E-state index is 11.8. The van der Waals surface area contributed by atoms with Gasteiger partial charge in [0, 0.05) is 22.7 Å². The quantitative estimate of drug-likeness (QED) is 0.303. The molecular weight excluding hydrogens is 488 g/mol. The number of fused-ring (bicyclic) bond motifs is 3. The van der Waals surface area contributed by atoms with Gasteiger partial charge >= 0.3 is 5.76 Å². The lowest BCUT2D eigenvalue weighted by molar-refractivity contribution is 0.307. The number of benzene rings is 3. The molecule has 0 amide bonds. The Morgan fingerprint density at radius 2 is 1.97 bits per heavy atom. The van der Waals surface area contributed by atoms with Gasteiger partial charge in [-0.15, -0.1) is 0 Å². The number of allylic oxidation sites excluding steroid dienone is 1. The van der Waals surface area contributed by atoms with Crippen LogP contribution in [-0.4, -0.2) is 19.7 Å². The molecule has 0 spiro atoms. The number of aromatic nitrogens is 4. The topological polar surface area (TPSA) is 85.9 Å². The number of H-pyrrole nitrogens is 1. The number of nitrogens with zero attached hydrogens (tertiary/aromatic N) is 3. The Kier molecular flexibility index (Phi) is 4.91. The van der Waals surface area contributed by atoms with Crippen LogP contribution in [0.25, 0.3) is 27.9 Å². The molecule has 1 aliphatic heterocycles. The maximum Gasteiger partial charge on any atom is 0.439 e. The normalized spacial score (nSPS) is 16.2. The Labute approximate surface area is 217 Å². The number of halogens is 1. The van der Waals surface area contributed by atoms with Crippen LogP contribution < -0.4 is 10.5 Å². The van der Waals surface area contributed by atoms with Crippen LogP contribution in [0.4, 0.5) is 0 Å². The molecule has 0 radical (unpaired) electrons. The van der Waals surface area contributed by atoms with Crippen molar-refractivity contribution in [1.82, 2.24) is 19.7 Å². The van der Waals surface area contributed by atoms with Crippen molar-refractivity contribution < 1.29 is 9.26 Å². The van der Waals surface area contributed by atoms with E-state index in [4.69, 9.17) is 25.8 Å². The Bertz CT molecular complexity index is 1810. The van der Waals surface area contributed by atoms with E-state index < -0.39 is 5.76 Å². The summed E-state index contributed by atoms with van der Waals surface area (Å²) < 4.78 is 13.4. The van der Waals surface area contributed by atoms with Crippen molar-refractivity contribution in [2.45, 2.75) is 39.2 Å². The molecule has 1 aliphatic carbocycles. The van der Waals surface area contributed by atoms with Crippen LogP contribution in [0, 0.1) is 6.92 Å². The monoisotopic (exact) mass is 510 g/mol. The molecule has 1 saturated carbocycles. The summed E-state index contributed by atoms with van der Waals surface area (Å²) in [5, 5.41) is 4.63. The lowest BCUT2D eigenvalue weighted by atomic mass is 9.88. The van der Waals surface area contributed by atoms with E-state index in [-0.39, 0.29) is 0 Å². The van der Waals surface area contributed by atoms with Crippen molar-refractivity contribution in [3.8, 4) is 11.4 Å². The number of nitrogens with one attached hydrogen (secondary N) is 1. The molecule has 37 heavy (non-hydrogen) atoms. The van der Waals surface area contributed by atoms with Crippen molar-refractivity contribution >= 4 is 33.8 Å². The van der Waals surface area contributed by atoms with Gasteiger partial charge in [0.15, 0.2) is 5.82 Å². The van der Waals surface area contributed by atoms with Crippen LogP contribution in [0.15, 0.2) is 63.9 Å². The van der Waals surface area contributed by atoms with Crippen molar-refractivity contribution in [3.05, 3.63) is 104 Å². The van der Waals surface area contributed by atoms with Crippen LogP contribution >= 0.6 is 11.6 Å². The Hall–Kier alpha value is -4.10. The first-order valence-electron chi connectivity index (χ1n) is 12.3. The molecule has 7 rings (SSSR count). The number of para-hydroxylation sites is 1. The smallest absolute Gasteiger partial charge is 0.439 e. The van der Waals surface area contributed by atoms with Gasteiger partial charge in [0.25, 0.3) is 0 Å². The number of rotatable bonds is 3. The van der Waals surface area contributed by atoms with Crippen LogP contribution in [0.1, 0.15) is 59.6 Å². The third kappa shape index (κ3) is 3.53. The van der Waals surface area contributed by atoms with Crippen molar-refractivity contribution in [3.63, 3.8) is 0 Å². The lowest BCUT2D eigenvalue weighted by Crippen LogP contribution is -2.04. The number of hydrogen-bond donors (Lipinski definition) is 1. The predicted molar refractivity (Wildman–Crippen MR) is 142 cm³/mol. The molecule has 8 heteroatoms. The van der Waals surface area contributed by atoms with Gasteiger partial charge in [-0.25, -0.2) is 9.78 Å². The van der Waals surface area contributed by atoms with Gasteiger partial charge in [0.05, 0.1) is 10.5 Å². The summed E-state index contributed by atoms with van der Waals surface area (Å²) in [5.41, 5.74) is 8.70. The Morgan fingerprint density at radius 1 is 1.14 bits per heavy atom. The molecule has 7 nitrogen and oxygen atoms in total. The molecule has 1 N–H and O–H groups in total. The standard InChI is InChI=1S/C29H23ClN4O3/c1-15-5-3-8-23-24(15)25(16(2)27-32-29(35)37-33-27)20-12-11-19(13-18(20)14-36-23)34-22-7-4-6-21(30)26(22)31-28(34)17-9-10-17/h3-8,11-13,17H,9-10,14H2,1-2H3,(H,32,33,35). The van der Waals surface area contributed by atoms with E-state index in [0.717, 1.165) is 74.5 Å². The van der Waals surface area contributed by atoms with Gasteiger partial charge < -0.3 is 4.74 Å². The molecule has 0 saturated heterocycles. The van der Waals surface area contributed by atoms with E-state index >= 15 is 0 Å². The molecule has 1 fully saturated rings. The van der Waals surface area contributed by atoms with E-state index in [1.807, 2.05) is 31.2 Å². The fourth-order valence-corrected chi connectivity index (χ4v) is 5.54. The van der Waals surface area contributed by atoms with Gasteiger partial charge in [-0.05, 0) is 79.3 Å². The van der Waals surface area contributed by atoms with Gasteiger partial charge in [-0.3, -0.25) is 14.1 Å². The third-order valence-corrected chi connectivity index (χ3v) is 7.56. The minimum absolute atomic E-state index is 0.400. The van der Waals surface area contributed by atoms with Gasteiger partial charge in [0.2, 0.25) is 0 Å². The van der Waals surface area contributed by atoms with E-state index in [9.17, 15) is 4.79 Å². The molecule has 0 atom stereocenters. The molecule has 2 aromatic heterocycles. The van der Waals surface area contributed by atoms with Crippen molar-refractivity contribution in [2.24, 2.45) is 0 Å². The zero-order valence-corrected chi connectivity index (χ0v) is 21.1. The summed E-state index contributed by atoms with van der Waals surface area (Å²) >= 11 is 6.53. The average Bonchev–Trinajstić information content (AvgIpc) is 3.57. The highest BCUT2D eigenvalue weighted by Gasteiger charge is 2.31. The fraction of sp³-hybridized carbons (Fsp3) is 0.207. The molecular formula is C29H23ClN4O3. The second kappa shape index (κ2) is 8.21. The first-order valence-corrected chi connectivity index (χ1v) is 12.7. The zero-order chi connectivity index (χ0) is 25.3. The lowest BCUT2D eigenvalue weighted by Gasteiger charge is -2.17. The summed E-state index contributed by atoms with van der Waals surface area (Å²) in [6, 6.07) is 18.4. The predicted octanol–water partition coefficient (Wildman–Crippen LogP) is 6.41. The Morgan fingerprint density at radius 3 is 2.76 bits per heavy atom. The first-order chi connectivity index (χ1) is 18.0. The third-order valence-electron chi connectivity index (χ3n) is 7.26. The minimum atomic E-state index is -0.585. The fourth-order valence-electron chi connectivity index (χ4n) is 5.32. The summed E-state index contributed by atoms with van der Waals surface area (Å²) in [6.07, 6.45) is 2.26. The van der Waals surface area contributed by atoms with E-state index in [0.29, 0.717) is 23.4 Å². The summed E-state index contributed by atoms with van der Waals surface area (Å²) in [7, 11) is 0. The molecule has 0 bridgehead atoms. The second-order valence-electron chi connectivity index (χ2n) is 9.71. The van der Waals surface area contributed by atoms with Crippen LogP contribution in [0.3, 0.4) is 0 Å². The first kappa shape index (κ1) is 22.1. The van der Waals surface area contributed by atoms with E-state index in [2.05, 4.69) is 52.0 Å². The highest BCUT2D eigenvalue weighted by atomic mass is 35.5. The van der Waals surface area contributed by atoms with Crippen molar-refractivity contribution in [2.75, 3.05) is 0 Å². The average molecular weight is 511 g/mol. The maximum absolute atomic E-state index is 11.8. The highest BCUT2D eigenvalue weighted by Crippen LogP contribution is 2.45. The zero-order valence-electron chi connectivity index (χ0n) is 20.3. The van der Waals surface area contributed by atoms with Crippen LogP contribution in [-0.2, 0) is 6.61 Å². The number of hydrogen-bond acceptors (Lipinski definition) is 5.